The molecule has 0 radical (unpaired) electrons. The fourth-order valence-electron chi connectivity index (χ4n) is 3.01. The van der Waals surface area contributed by atoms with Crippen molar-refractivity contribution in [3.8, 4) is 0 Å². The number of pyridine rings is 1. The highest BCUT2D eigenvalue weighted by Gasteiger charge is 2.20. The van der Waals surface area contributed by atoms with Crippen LogP contribution in [0.3, 0.4) is 0 Å². The number of likely N-dealkylation sites (tertiary alicyclic amines) is 1. The third kappa shape index (κ3) is 3.68. The molecule has 3 heterocycles. The van der Waals surface area contributed by atoms with Crippen molar-refractivity contribution in [3.05, 3.63) is 23.9 Å². The fourth-order valence-corrected chi connectivity index (χ4v) is 3.01. The quantitative estimate of drug-likeness (QED) is 0.884. The molecular weight excluding hydrogens is 280 g/mol. The van der Waals surface area contributed by atoms with E-state index in [4.69, 9.17) is 0 Å². The predicted molar refractivity (Wildman–Crippen MR) is 84.7 cm³/mol. The maximum absolute atomic E-state index is 12.1. The van der Waals surface area contributed by atoms with Crippen LogP contribution in [0.25, 0.3) is 0 Å². The number of amides is 2. The average molecular weight is 304 g/mol. The Morgan fingerprint density at radius 3 is 2.59 bits per heavy atom. The van der Waals surface area contributed by atoms with E-state index in [1.54, 1.807) is 4.90 Å². The molecule has 0 aliphatic carbocycles. The molecule has 3 rings (SSSR count). The normalized spacial score (nSPS) is 19.5. The number of aliphatic hydroxyl groups excluding tert-OH is 1. The molecule has 2 aliphatic rings. The number of rotatable bonds is 3. The van der Waals surface area contributed by atoms with Crippen LogP contribution in [0.5, 0.6) is 0 Å². The van der Waals surface area contributed by atoms with E-state index in [9.17, 15) is 9.90 Å². The fraction of sp³-hybridized carbons (Fsp3) is 0.625. The number of aliphatic hydroxyl groups is 1. The highest BCUT2D eigenvalue weighted by molar-refractivity contribution is 5.74. The second kappa shape index (κ2) is 6.96. The van der Waals surface area contributed by atoms with Crippen molar-refractivity contribution in [1.29, 1.82) is 0 Å². The summed E-state index contributed by atoms with van der Waals surface area (Å²) in [6.45, 7) is 3.91. The lowest BCUT2D eigenvalue weighted by Crippen LogP contribution is -2.45. The summed E-state index contributed by atoms with van der Waals surface area (Å²) in [7, 11) is 0. The molecule has 2 saturated heterocycles. The smallest absolute Gasteiger partial charge is 0.317 e. The molecular formula is C16H24N4O2. The Kier molecular flexibility index (Phi) is 4.77. The van der Waals surface area contributed by atoms with Crippen LogP contribution in [0, 0.1) is 0 Å². The van der Waals surface area contributed by atoms with Crippen molar-refractivity contribution >= 4 is 11.8 Å². The third-order valence-electron chi connectivity index (χ3n) is 4.43. The predicted octanol–water partition coefficient (Wildman–Crippen LogP) is 1.35. The first kappa shape index (κ1) is 15.1. The van der Waals surface area contributed by atoms with Crippen molar-refractivity contribution in [3.63, 3.8) is 0 Å². The maximum atomic E-state index is 12.1. The topological polar surface area (TPSA) is 68.7 Å². The van der Waals surface area contributed by atoms with E-state index < -0.39 is 0 Å². The molecule has 0 bridgehead atoms. The summed E-state index contributed by atoms with van der Waals surface area (Å²) in [6.07, 6.45) is 5.40. The van der Waals surface area contributed by atoms with E-state index in [1.807, 2.05) is 18.3 Å². The number of carbonyl (C=O) groups is 1. The van der Waals surface area contributed by atoms with Gasteiger partial charge in [-0.05, 0) is 37.3 Å². The van der Waals surface area contributed by atoms with Crippen molar-refractivity contribution in [1.82, 2.24) is 15.2 Å². The molecule has 2 fully saturated rings. The van der Waals surface area contributed by atoms with Crippen LogP contribution in [0.15, 0.2) is 18.3 Å². The molecule has 0 atom stereocenters. The van der Waals surface area contributed by atoms with Crippen molar-refractivity contribution < 1.29 is 9.90 Å². The molecule has 1 aromatic rings. The number of nitrogens with zero attached hydrogens (tertiary/aromatic N) is 3. The Balaban J connectivity index is 1.47. The largest absolute Gasteiger partial charge is 0.393 e. The lowest BCUT2D eigenvalue weighted by atomic mass is 10.1. The van der Waals surface area contributed by atoms with Crippen LogP contribution in [-0.2, 0) is 6.54 Å². The highest BCUT2D eigenvalue weighted by Crippen LogP contribution is 2.17. The molecule has 120 valence electrons. The number of hydrogen-bond donors (Lipinski definition) is 2. The number of urea groups is 1. The second-order valence-corrected chi connectivity index (χ2v) is 6.10. The van der Waals surface area contributed by atoms with Gasteiger partial charge in [-0.3, -0.25) is 0 Å². The van der Waals surface area contributed by atoms with Crippen LogP contribution in [-0.4, -0.2) is 53.3 Å². The zero-order chi connectivity index (χ0) is 15.4. The van der Waals surface area contributed by atoms with Gasteiger partial charge in [0.15, 0.2) is 0 Å². The molecule has 22 heavy (non-hydrogen) atoms. The van der Waals surface area contributed by atoms with Gasteiger partial charge in [-0.25, -0.2) is 9.78 Å². The summed E-state index contributed by atoms with van der Waals surface area (Å²) in [4.78, 5) is 20.6. The van der Waals surface area contributed by atoms with Gasteiger partial charge in [0.25, 0.3) is 0 Å². The van der Waals surface area contributed by atoms with E-state index in [1.165, 1.54) is 12.8 Å². The van der Waals surface area contributed by atoms with Gasteiger partial charge in [-0.2, -0.15) is 0 Å². The van der Waals surface area contributed by atoms with Crippen LogP contribution < -0.4 is 10.2 Å². The molecule has 1 aromatic heterocycles. The standard InChI is InChI=1S/C16H24N4O2/c21-14-5-9-20(10-6-14)16(22)18-12-13-3-4-15(17-11-13)19-7-1-2-8-19/h3-4,11,14,21H,1-2,5-10,12H2,(H,18,22). The highest BCUT2D eigenvalue weighted by atomic mass is 16.3. The summed E-state index contributed by atoms with van der Waals surface area (Å²) in [5, 5.41) is 12.4. The maximum Gasteiger partial charge on any atom is 0.317 e. The first-order valence-corrected chi connectivity index (χ1v) is 8.13. The van der Waals surface area contributed by atoms with Crippen LogP contribution in [0.4, 0.5) is 10.6 Å². The molecule has 6 nitrogen and oxygen atoms in total. The van der Waals surface area contributed by atoms with Gasteiger partial charge in [0.2, 0.25) is 0 Å². The number of carbonyl (C=O) groups excluding carboxylic acids is 1. The Morgan fingerprint density at radius 1 is 1.23 bits per heavy atom. The number of nitrogens with one attached hydrogen (secondary N) is 1. The second-order valence-electron chi connectivity index (χ2n) is 6.10. The summed E-state index contributed by atoms with van der Waals surface area (Å²) in [5.41, 5.74) is 1.01. The Labute approximate surface area is 131 Å². The van der Waals surface area contributed by atoms with Gasteiger partial charge in [-0.1, -0.05) is 6.07 Å². The Morgan fingerprint density at radius 2 is 1.95 bits per heavy atom. The average Bonchev–Trinajstić information content (AvgIpc) is 3.08. The minimum Gasteiger partial charge on any atom is -0.393 e. The number of piperidine rings is 1. The number of aromatic nitrogens is 1. The minimum absolute atomic E-state index is 0.0597. The van der Waals surface area contributed by atoms with E-state index >= 15 is 0 Å². The lowest BCUT2D eigenvalue weighted by Gasteiger charge is -2.29. The zero-order valence-electron chi connectivity index (χ0n) is 12.9. The van der Waals surface area contributed by atoms with Crippen LogP contribution in [0.1, 0.15) is 31.2 Å². The van der Waals surface area contributed by atoms with E-state index in [0.717, 1.165) is 24.5 Å². The number of anilines is 1. The molecule has 0 aromatic carbocycles. The number of hydrogen-bond acceptors (Lipinski definition) is 4. The first-order valence-electron chi connectivity index (χ1n) is 8.13. The molecule has 0 saturated carbocycles. The third-order valence-corrected chi connectivity index (χ3v) is 4.43. The van der Waals surface area contributed by atoms with E-state index in [0.29, 0.717) is 32.5 Å². The Bertz CT molecular complexity index is 491. The molecule has 0 spiro atoms. The molecule has 2 N–H and O–H groups in total. The minimum atomic E-state index is -0.258. The van der Waals surface area contributed by atoms with E-state index in [2.05, 4.69) is 15.2 Å². The van der Waals surface area contributed by atoms with Crippen LogP contribution >= 0.6 is 0 Å². The summed E-state index contributed by atoms with van der Waals surface area (Å²) in [6, 6.07) is 4.00. The first-order chi connectivity index (χ1) is 10.7. The van der Waals surface area contributed by atoms with Gasteiger partial charge in [0.05, 0.1) is 6.10 Å². The van der Waals surface area contributed by atoms with Gasteiger partial charge in [-0.15, -0.1) is 0 Å². The van der Waals surface area contributed by atoms with Crippen LogP contribution in [0.2, 0.25) is 0 Å². The summed E-state index contributed by atoms with van der Waals surface area (Å²) < 4.78 is 0. The van der Waals surface area contributed by atoms with Crippen molar-refractivity contribution in [2.24, 2.45) is 0 Å². The van der Waals surface area contributed by atoms with Gasteiger partial charge < -0.3 is 20.2 Å². The zero-order valence-corrected chi connectivity index (χ0v) is 12.9. The Hall–Kier alpha value is -1.82. The van der Waals surface area contributed by atoms with Gasteiger partial charge in [0, 0.05) is 38.9 Å². The molecule has 2 aliphatic heterocycles. The SMILES string of the molecule is O=C(NCc1ccc(N2CCCC2)nc1)N1CCC(O)CC1. The van der Waals surface area contributed by atoms with Crippen molar-refractivity contribution in [2.45, 2.75) is 38.3 Å². The van der Waals surface area contributed by atoms with Gasteiger partial charge in [0.1, 0.15) is 5.82 Å². The lowest BCUT2D eigenvalue weighted by molar-refractivity contribution is 0.0936. The molecule has 0 unspecified atom stereocenters. The van der Waals surface area contributed by atoms with E-state index in [-0.39, 0.29) is 12.1 Å². The molecule has 2 amide bonds. The summed E-state index contributed by atoms with van der Waals surface area (Å²) >= 11 is 0. The van der Waals surface area contributed by atoms with Crippen molar-refractivity contribution in [2.75, 3.05) is 31.1 Å². The van der Waals surface area contributed by atoms with Gasteiger partial charge >= 0.3 is 6.03 Å². The summed E-state index contributed by atoms with van der Waals surface area (Å²) in [5.74, 6) is 1.03. The molecule has 6 heteroatoms. The monoisotopic (exact) mass is 304 g/mol.